The Bertz CT molecular complexity index is 1250. The number of nitrogens with one attached hydrogen (secondary N) is 2. The molecule has 4 atom stereocenters. The molecule has 2 aromatic rings. The number of halogens is 3. The second kappa shape index (κ2) is 9.26. The van der Waals surface area contributed by atoms with Crippen molar-refractivity contribution in [3.8, 4) is 0 Å². The molecule has 0 radical (unpaired) electrons. The van der Waals surface area contributed by atoms with E-state index < -0.39 is 45.3 Å². The molecule has 0 bridgehead atoms. The van der Waals surface area contributed by atoms with Gasteiger partial charge in [0.2, 0.25) is 5.91 Å². The molecule has 0 spiro atoms. The van der Waals surface area contributed by atoms with Gasteiger partial charge >= 0.3 is 0 Å². The fraction of sp³-hybridized carbons (Fsp3) is 0.417. The van der Waals surface area contributed by atoms with E-state index in [4.69, 9.17) is 16.4 Å². The lowest BCUT2D eigenvalue weighted by molar-refractivity contribution is -0.126. The summed E-state index contributed by atoms with van der Waals surface area (Å²) < 4.78 is 48.6. The van der Waals surface area contributed by atoms with Gasteiger partial charge in [-0.1, -0.05) is 17.7 Å². The standard InChI is InChI=1S/C24H26ClF2N3O3S/c1-13-6-9-21(30(13)24(32)15-4-3-5-16(10-15)34(2,28)33)23(31)29-22(14-7-8-14)17-11-20(27)18(25)12-19(17)26/h3-5,10-14,21-22,28H,6-9H2,1-2H3,(H,29,31)/t13-,21-,22-,34?/m1/s1. The number of amides is 2. The first kappa shape index (κ1) is 24.6. The normalized spacial score (nSPS) is 22.8. The predicted octanol–water partition coefficient (Wildman–Crippen LogP) is 4.91. The Balaban J connectivity index is 1.59. The molecular formula is C24H26ClF2N3O3S. The van der Waals surface area contributed by atoms with Crippen LogP contribution in [0, 0.1) is 22.3 Å². The summed E-state index contributed by atoms with van der Waals surface area (Å²) in [7, 11) is -3.01. The smallest absolute Gasteiger partial charge is 0.254 e. The molecule has 6 nitrogen and oxygen atoms in total. The van der Waals surface area contributed by atoms with Gasteiger partial charge in [0.05, 0.1) is 20.8 Å². The lowest BCUT2D eigenvalue weighted by Gasteiger charge is -2.30. The number of benzene rings is 2. The first-order valence-corrected chi connectivity index (χ1v) is 13.4. The highest BCUT2D eigenvalue weighted by molar-refractivity contribution is 7.91. The molecule has 2 N–H and O–H groups in total. The molecule has 4 rings (SSSR count). The first-order chi connectivity index (χ1) is 16.0. The summed E-state index contributed by atoms with van der Waals surface area (Å²) in [6.45, 7) is 1.84. The van der Waals surface area contributed by atoms with Crippen LogP contribution in [0.15, 0.2) is 41.3 Å². The maximum absolute atomic E-state index is 14.6. The number of carbonyl (C=O) groups excluding carboxylic acids is 2. The summed E-state index contributed by atoms with van der Waals surface area (Å²) in [4.78, 5) is 28.4. The van der Waals surface area contributed by atoms with Crippen LogP contribution in [0.1, 0.15) is 54.6 Å². The van der Waals surface area contributed by atoms with Crippen molar-refractivity contribution in [2.75, 3.05) is 6.26 Å². The molecule has 0 aromatic heterocycles. The Morgan fingerprint density at radius 3 is 2.50 bits per heavy atom. The third kappa shape index (κ3) is 4.95. The summed E-state index contributed by atoms with van der Waals surface area (Å²) >= 11 is 5.69. The molecule has 34 heavy (non-hydrogen) atoms. The van der Waals surface area contributed by atoms with E-state index in [0.29, 0.717) is 12.8 Å². The molecule has 1 saturated carbocycles. The van der Waals surface area contributed by atoms with Gasteiger partial charge < -0.3 is 10.2 Å². The van der Waals surface area contributed by atoms with Crippen molar-refractivity contribution in [2.24, 2.45) is 5.92 Å². The van der Waals surface area contributed by atoms with Gasteiger partial charge in [-0.25, -0.2) is 17.8 Å². The topological polar surface area (TPSA) is 90.3 Å². The largest absolute Gasteiger partial charge is 0.347 e. The van der Waals surface area contributed by atoms with E-state index in [1.807, 2.05) is 6.92 Å². The quantitative estimate of drug-likeness (QED) is 0.542. The van der Waals surface area contributed by atoms with Gasteiger partial charge in [-0.05, 0) is 68.9 Å². The second-order valence-electron chi connectivity index (χ2n) is 9.14. The SMILES string of the molecule is C[C@@H]1CC[C@H](C(=O)N[C@@H](c2cc(F)c(Cl)cc2F)C2CC2)N1C(=O)c1cccc(S(C)(=N)=O)c1. The second-order valence-corrected chi connectivity index (χ2v) is 11.7. The number of carbonyl (C=O) groups is 2. The number of hydrogen-bond acceptors (Lipinski definition) is 4. The number of nitrogens with zero attached hydrogens (tertiary/aromatic N) is 1. The molecule has 10 heteroatoms. The summed E-state index contributed by atoms with van der Waals surface area (Å²) in [5.41, 5.74) is 0.290. The van der Waals surface area contributed by atoms with Crippen LogP contribution in [0.25, 0.3) is 0 Å². The van der Waals surface area contributed by atoms with Crippen molar-refractivity contribution in [2.45, 2.75) is 55.6 Å². The molecule has 2 aromatic carbocycles. The summed E-state index contributed by atoms with van der Waals surface area (Å²) in [5, 5.41) is 2.53. The predicted molar refractivity (Wildman–Crippen MR) is 125 cm³/mol. The van der Waals surface area contributed by atoms with E-state index in [0.717, 1.165) is 25.0 Å². The fourth-order valence-electron chi connectivity index (χ4n) is 4.51. The summed E-state index contributed by atoms with van der Waals surface area (Å²) in [6.07, 6.45) is 3.85. The average Bonchev–Trinajstić information content (AvgIpc) is 3.55. The van der Waals surface area contributed by atoms with E-state index in [9.17, 15) is 22.6 Å². The van der Waals surface area contributed by atoms with Crippen molar-refractivity contribution in [3.05, 3.63) is 64.2 Å². The van der Waals surface area contributed by atoms with Crippen LogP contribution in [0.3, 0.4) is 0 Å². The van der Waals surface area contributed by atoms with E-state index in [-0.39, 0.29) is 33.0 Å². The van der Waals surface area contributed by atoms with Crippen molar-refractivity contribution in [1.29, 1.82) is 4.78 Å². The van der Waals surface area contributed by atoms with Crippen molar-refractivity contribution in [3.63, 3.8) is 0 Å². The zero-order chi connectivity index (χ0) is 24.8. The van der Waals surface area contributed by atoms with Crippen molar-refractivity contribution < 1.29 is 22.6 Å². The van der Waals surface area contributed by atoms with Crippen LogP contribution in [-0.2, 0) is 14.5 Å². The molecule has 1 aliphatic heterocycles. The minimum atomic E-state index is -3.01. The van der Waals surface area contributed by atoms with E-state index >= 15 is 0 Å². The van der Waals surface area contributed by atoms with Crippen LogP contribution in [0.4, 0.5) is 8.78 Å². The Morgan fingerprint density at radius 2 is 1.85 bits per heavy atom. The van der Waals surface area contributed by atoms with Crippen molar-refractivity contribution in [1.82, 2.24) is 10.2 Å². The zero-order valence-electron chi connectivity index (χ0n) is 18.8. The first-order valence-electron chi connectivity index (χ1n) is 11.1. The summed E-state index contributed by atoms with van der Waals surface area (Å²) in [5.74, 6) is -2.30. The van der Waals surface area contributed by atoms with Gasteiger partial charge in [0, 0.05) is 28.3 Å². The molecule has 1 saturated heterocycles. The van der Waals surface area contributed by atoms with Crippen LogP contribution in [0.2, 0.25) is 5.02 Å². The molecule has 2 fully saturated rings. The Morgan fingerprint density at radius 1 is 1.15 bits per heavy atom. The zero-order valence-corrected chi connectivity index (χ0v) is 20.4. The lowest BCUT2D eigenvalue weighted by Crippen LogP contribution is -2.49. The van der Waals surface area contributed by atoms with Crippen LogP contribution in [0.5, 0.6) is 0 Å². The number of rotatable bonds is 6. The van der Waals surface area contributed by atoms with Gasteiger partial charge in [-0.2, -0.15) is 0 Å². The summed E-state index contributed by atoms with van der Waals surface area (Å²) in [6, 6.07) is 6.30. The fourth-order valence-corrected chi connectivity index (χ4v) is 5.35. The number of hydrogen-bond donors (Lipinski definition) is 2. The van der Waals surface area contributed by atoms with Gasteiger partial charge in [0.15, 0.2) is 0 Å². The van der Waals surface area contributed by atoms with Gasteiger partial charge in [0.1, 0.15) is 17.7 Å². The molecular weight excluding hydrogens is 484 g/mol. The number of likely N-dealkylation sites (tertiary alicyclic amines) is 1. The van der Waals surface area contributed by atoms with E-state index in [1.165, 1.54) is 23.3 Å². The molecule has 2 amide bonds. The highest BCUT2D eigenvalue weighted by Gasteiger charge is 2.42. The Labute approximate surface area is 202 Å². The average molecular weight is 510 g/mol. The maximum Gasteiger partial charge on any atom is 0.254 e. The molecule has 2 aliphatic rings. The van der Waals surface area contributed by atoms with Gasteiger partial charge in [0.25, 0.3) is 5.91 Å². The lowest BCUT2D eigenvalue weighted by atomic mass is 10.0. The minimum Gasteiger partial charge on any atom is -0.347 e. The maximum atomic E-state index is 14.6. The Hall–Kier alpha value is -2.52. The molecule has 1 heterocycles. The molecule has 1 unspecified atom stereocenters. The molecule has 1 aliphatic carbocycles. The van der Waals surface area contributed by atoms with E-state index in [1.54, 1.807) is 12.1 Å². The van der Waals surface area contributed by atoms with Crippen LogP contribution in [-0.4, -0.2) is 39.3 Å². The Kier molecular flexibility index (Phi) is 6.70. The minimum absolute atomic E-state index is 0.0200. The van der Waals surface area contributed by atoms with Crippen molar-refractivity contribution >= 4 is 33.1 Å². The third-order valence-electron chi connectivity index (χ3n) is 6.50. The highest BCUT2D eigenvalue weighted by Crippen LogP contribution is 2.43. The van der Waals surface area contributed by atoms with Crippen LogP contribution < -0.4 is 5.32 Å². The van der Waals surface area contributed by atoms with Crippen LogP contribution >= 0.6 is 11.6 Å². The monoisotopic (exact) mass is 509 g/mol. The van der Waals surface area contributed by atoms with E-state index in [2.05, 4.69) is 5.32 Å². The van der Waals surface area contributed by atoms with Gasteiger partial charge in [-0.3, -0.25) is 9.59 Å². The van der Waals surface area contributed by atoms with Gasteiger partial charge in [-0.15, -0.1) is 0 Å². The highest BCUT2D eigenvalue weighted by atomic mass is 35.5. The molecule has 182 valence electrons. The third-order valence-corrected chi connectivity index (χ3v) is 7.95.